The van der Waals surface area contributed by atoms with E-state index in [4.69, 9.17) is 9.63 Å². The normalized spacial score (nSPS) is 17.7. The van der Waals surface area contributed by atoms with Crippen LogP contribution in [0.15, 0.2) is 4.52 Å². The molecule has 1 heterocycles. The number of carbonyl (C=O) groups is 1. The molecule has 0 unspecified atom stereocenters. The van der Waals surface area contributed by atoms with Crippen LogP contribution in [-0.2, 0) is 17.8 Å². The summed E-state index contributed by atoms with van der Waals surface area (Å²) in [5.41, 5.74) is -0.785. The third-order valence-corrected chi connectivity index (χ3v) is 3.30. The number of nitrogens with zero attached hydrogens (tertiary/aromatic N) is 2. The molecular formula is C12H19N3O3. The minimum Gasteiger partial charge on any atom is -0.480 e. The van der Waals surface area contributed by atoms with Gasteiger partial charge in [0.05, 0.1) is 6.54 Å². The zero-order valence-corrected chi connectivity index (χ0v) is 10.8. The van der Waals surface area contributed by atoms with Gasteiger partial charge in [-0.15, -0.1) is 0 Å². The summed E-state index contributed by atoms with van der Waals surface area (Å²) in [6.45, 7) is 4.49. The number of hydrogen-bond donors (Lipinski definition) is 2. The summed E-state index contributed by atoms with van der Waals surface area (Å²) < 4.78 is 5.09. The Kier molecular flexibility index (Phi) is 3.65. The largest absolute Gasteiger partial charge is 0.480 e. The first-order chi connectivity index (χ1) is 8.52. The van der Waals surface area contributed by atoms with E-state index in [9.17, 15) is 4.79 Å². The molecule has 0 radical (unpaired) electrons. The smallest absolute Gasteiger partial charge is 0.323 e. The van der Waals surface area contributed by atoms with E-state index in [1.54, 1.807) is 0 Å². The number of hydrogen-bond acceptors (Lipinski definition) is 5. The fourth-order valence-electron chi connectivity index (χ4n) is 2.05. The van der Waals surface area contributed by atoms with Gasteiger partial charge in [-0.2, -0.15) is 4.98 Å². The Morgan fingerprint density at radius 2 is 2.28 bits per heavy atom. The minimum atomic E-state index is -0.796. The molecule has 0 atom stereocenters. The Morgan fingerprint density at radius 3 is 2.78 bits per heavy atom. The maximum atomic E-state index is 11.1. The van der Waals surface area contributed by atoms with Crippen molar-refractivity contribution in [1.29, 1.82) is 0 Å². The first-order valence-electron chi connectivity index (χ1n) is 6.32. The summed E-state index contributed by atoms with van der Waals surface area (Å²) in [4.78, 5) is 15.4. The molecule has 100 valence electrons. The highest BCUT2D eigenvalue weighted by atomic mass is 16.5. The van der Waals surface area contributed by atoms with Crippen molar-refractivity contribution in [2.45, 2.75) is 51.6 Å². The summed E-state index contributed by atoms with van der Waals surface area (Å²) in [6.07, 6.45) is 3.04. The molecule has 1 aromatic heterocycles. The number of aliphatic carboxylic acids is 1. The van der Waals surface area contributed by atoms with Crippen LogP contribution in [0.3, 0.4) is 0 Å². The number of carboxylic acids is 1. The average molecular weight is 253 g/mol. The highest BCUT2D eigenvalue weighted by Crippen LogP contribution is 2.32. The zero-order valence-electron chi connectivity index (χ0n) is 10.8. The molecule has 1 aliphatic carbocycles. The number of nitrogens with one attached hydrogen (secondary N) is 1. The molecular weight excluding hydrogens is 234 g/mol. The van der Waals surface area contributed by atoms with Crippen molar-refractivity contribution in [1.82, 2.24) is 15.5 Å². The zero-order chi connectivity index (χ0) is 13.2. The van der Waals surface area contributed by atoms with Crippen LogP contribution in [-0.4, -0.2) is 26.8 Å². The van der Waals surface area contributed by atoms with Gasteiger partial charge in [-0.05, 0) is 25.2 Å². The Labute approximate surface area is 106 Å². The van der Waals surface area contributed by atoms with E-state index < -0.39 is 11.5 Å². The molecule has 2 N–H and O–H groups in total. The lowest BCUT2D eigenvalue weighted by atomic mass is 9.77. The van der Waals surface area contributed by atoms with Gasteiger partial charge in [-0.1, -0.05) is 19.0 Å². The quantitative estimate of drug-likeness (QED) is 0.796. The van der Waals surface area contributed by atoms with E-state index in [0.717, 1.165) is 12.8 Å². The molecule has 1 fully saturated rings. The van der Waals surface area contributed by atoms with Crippen LogP contribution in [0.1, 0.15) is 44.8 Å². The van der Waals surface area contributed by atoms with Gasteiger partial charge >= 0.3 is 5.97 Å². The molecule has 0 amide bonds. The van der Waals surface area contributed by atoms with Crippen molar-refractivity contribution in [3.05, 3.63) is 11.7 Å². The first kappa shape index (κ1) is 13.0. The first-order valence-corrected chi connectivity index (χ1v) is 6.32. The lowest BCUT2D eigenvalue weighted by Gasteiger charge is -2.38. The molecule has 0 bridgehead atoms. The van der Waals surface area contributed by atoms with Crippen LogP contribution in [0.2, 0.25) is 0 Å². The molecule has 2 rings (SSSR count). The molecule has 0 spiro atoms. The maximum absolute atomic E-state index is 11.1. The molecule has 0 saturated heterocycles. The second-order valence-electron chi connectivity index (χ2n) is 5.30. The minimum absolute atomic E-state index is 0.317. The van der Waals surface area contributed by atoms with Crippen LogP contribution in [0.25, 0.3) is 0 Å². The summed E-state index contributed by atoms with van der Waals surface area (Å²) >= 11 is 0. The third kappa shape index (κ3) is 2.69. The Hall–Kier alpha value is -1.43. The van der Waals surface area contributed by atoms with Gasteiger partial charge in [-0.25, -0.2) is 0 Å². The summed E-state index contributed by atoms with van der Waals surface area (Å²) in [6, 6.07) is 0. The van der Waals surface area contributed by atoms with Gasteiger partial charge < -0.3 is 9.63 Å². The van der Waals surface area contributed by atoms with Crippen LogP contribution < -0.4 is 5.32 Å². The van der Waals surface area contributed by atoms with Crippen molar-refractivity contribution in [3.8, 4) is 0 Å². The molecule has 0 aliphatic heterocycles. The van der Waals surface area contributed by atoms with Crippen molar-refractivity contribution in [2.75, 3.05) is 0 Å². The second-order valence-corrected chi connectivity index (χ2v) is 5.30. The Morgan fingerprint density at radius 1 is 1.56 bits per heavy atom. The van der Waals surface area contributed by atoms with E-state index in [1.165, 1.54) is 0 Å². The van der Waals surface area contributed by atoms with Crippen LogP contribution >= 0.6 is 0 Å². The predicted molar refractivity (Wildman–Crippen MR) is 63.9 cm³/mol. The van der Waals surface area contributed by atoms with Gasteiger partial charge in [0.25, 0.3) is 0 Å². The maximum Gasteiger partial charge on any atom is 0.323 e. The number of carboxylic acid groups (broad SMARTS) is 1. The Balaban J connectivity index is 1.90. The second kappa shape index (κ2) is 5.06. The van der Waals surface area contributed by atoms with E-state index in [-0.39, 0.29) is 0 Å². The highest BCUT2D eigenvalue weighted by molar-refractivity contribution is 5.79. The summed E-state index contributed by atoms with van der Waals surface area (Å²) in [7, 11) is 0. The van der Waals surface area contributed by atoms with Gasteiger partial charge in [0.15, 0.2) is 5.82 Å². The van der Waals surface area contributed by atoms with E-state index >= 15 is 0 Å². The fourth-order valence-corrected chi connectivity index (χ4v) is 2.05. The molecule has 6 heteroatoms. The van der Waals surface area contributed by atoms with Crippen LogP contribution in [0, 0.1) is 5.92 Å². The lowest BCUT2D eigenvalue weighted by Crippen LogP contribution is -2.56. The molecule has 1 saturated carbocycles. The van der Waals surface area contributed by atoms with Crippen molar-refractivity contribution in [2.24, 2.45) is 5.92 Å². The molecule has 0 aromatic carbocycles. The van der Waals surface area contributed by atoms with Crippen molar-refractivity contribution < 1.29 is 14.4 Å². The monoisotopic (exact) mass is 253 g/mol. The van der Waals surface area contributed by atoms with Gasteiger partial charge in [0, 0.05) is 6.42 Å². The third-order valence-electron chi connectivity index (χ3n) is 3.30. The van der Waals surface area contributed by atoms with Crippen molar-refractivity contribution >= 4 is 5.97 Å². The SMILES string of the molecule is CC(C)Cc1noc(CNC2(C(=O)O)CCC2)n1. The fraction of sp³-hybridized carbons (Fsp3) is 0.750. The van der Waals surface area contributed by atoms with E-state index in [0.29, 0.717) is 37.0 Å². The number of rotatable bonds is 6. The summed E-state index contributed by atoms with van der Waals surface area (Å²) in [5, 5.41) is 16.0. The molecule has 1 aromatic rings. The van der Waals surface area contributed by atoms with E-state index in [1.807, 2.05) is 0 Å². The van der Waals surface area contributed by atoms with Gasteiger partial charge in [0.1, 0.15) is 5.54 Å². The van der Waals surface area contributed by atoms with Crippen LogP contribution in [0.4, 0.5) is 0 Å². The van der Waals surface area contributed by atoms with Gasteiger partial charge in [-0.3, -0.25) is 10.1 Å². The summed E-state index contributed by atoms with van der Waals surface area (Å²) in [5.74, 6) is 0.814. The Bertz CT molecular complexity index is 424. The van der Waals surface area contributed by atoms with E-state index in [2.05, 4.69) is 29.3 Å². The molecule has 18 heavy (non-hydrogen) atoms. The molecule has 1 aliphatic rings. The predicted octanol–water partition coefficient (Wildman–Crippen LogP) is 1.36. The van der Waals surface area contributed by atoms with Crippen LogP contribution in [0.5, 0.6) is 0 Å². The highest BCUT2D eigenvalue weighted by Gasteiger charge is 2.44. The topological polar surface area (TPSA) is 88.2 Å². The lowest BCUT2D eigenvalue weighted by molar-refractivity contribution is -0.149. The molecule has 6 nitrogen and oxygen atoms in total. The standard InChI is InChI=1S/C12H19N3O3/c1-8(2)6-9-14-10(18-15-9)7-13-12(11(16)17)4-3-5-12/h8,13H,3-7H2,1-2H3,(H,16,17). The van der Waals surface area contributed by atoms with Crippen molar-refractivity contribution in [3.63, 3.8) is 0 Å². The number of aromatic nitrogens is 2. The van der Waals surface area contributed by atoms with Gasteiger partial charge in [0.2, 0.25) is 5.89 Å². The average Bonchev–Trinajstić information content (AvgIpc) is 2.62.